The molecule has 0 aromatic carbocycles. The quantitative estimate of drug-likeness (QED) is 0.594. The van der Waals surface area contributed by atoms with Crippen LogP contribution in [0.3, 0.4) is 0 Å². The van der Waals surface area contributed by atoms with Gasteiger partial charge in [-0.25, -0.2) is 0 Å². The van der Waals surface area contributed by atoms with Crippen LogP contribution in [0.2, 0.25) is 0 Å². The Bertz CT molecular complexity index is 334. The van der Waals surface area contributed by atoms with Crippen molar-refractivity contribution in [3.05, 3.63) is 23.7 Å². The first-order chi connectivity index (χ1) is 9.81. The van der Waals surface area contributed by atoms with Crippen LogP contribution in [0.5, 0.6) is 0 Å². The maximum atomic E-state index is 5.57. The van der Waals surface area contributed by atoms with E-state index in [1.807, 2.05) is 0 Å². The average Bonchev–Trinajstić information content (AvgIpc) is 2.89. The van der Waals surface area contributed by atoms with Gasteiger partial charge < -0.3 is 19.2 Å². The van der Waals surface area contributed by atoms with Gasteiger partial charge in [-0.1, -0.05) is 6.92 Å². The van der Waals surface area contributed by atoms with Crippen LogP contribution < -0.4 is 5.32 Å². The van der Waals surface area contributed by atoms with Crippen molar-refractivity contribution >= 4 is 0 Å². The highest BCUT2D eigenvalue weighted by molar-refractivity contribution is 5.16. The van der Waals surface area contributed by atoms with Crippen LogP contribution in [-0.2, 0) is 22.6 Å². The lowest BCUT2D eigenvalue weighted by Crippen LogP contribution is -2.30. The number of hydrogen-bond donors (Lipinski definition) is 1. The summed E-state index contributed by atoms with van der Waals surface area (Å²) in [4.78, 5) is 2.32. The van der Waals surface area contributed by atoms with Crippen LogP contribution in [0, 0.1) is 0 Å². The summed E-state index contributed by atoms with van der Waals surface area (Å²) in [6.45, 7) is 8.07. The molecule has 0 unspecified atom stereocenters. The van der Waals surface area contributed by atoms with Crippen LogP contribution in [-0.4, -0.2) is 52.0 Å². The molecule has 0 aliphatic rings. The SMILES string of the molecule is CCCNCc1occc1CN(CCOC)CCOC. The Morgan fingerprint density at radius 3 is 2.50 bits per heavy atom. The molecule has 20 heavy (non-hydrogen) atoms. The van der Waals surface area contributed by atoms with Crippen molar-refractivity contribution in [1.82, 2.24) is 10.2 Å². The smallest absolute Gasteiger partial charge is 0.122 e. The Labute approximate surface area is 122 Å². The zero-order valence-electron chi connectivity index (χ0n) is 13.0. The molecule has 1 heterocycles. The normalized spacial score (nSPS) is 11.4. The van der Waals surface area contributed by atoms with E-state index in [1.165, 1.54) is 5.56 Å². The highest BCUT2D eigenvalue weighted by Gasteiger charge is 2.11. The van der Waals surface area contributed by atoms with Crippen LogP contribution in [0.15, 0.2) is 16.7 Å². The van der Waals surface area contributed by atoms with Gasteiger partial charge in [0.05, 0.1) is 26.0 Å². The zero-order valence-corrected chi connectivity index (χ0v) is 13.0. The Morgan fingerprint density at radius 2 is 1.90 bits per heavy atom. The van der Waals surface area contributed by atoms with Crippen molar-refractivity contribution in [2.75, 3.05) is 47.1 Å². The van der Waals surface area contributed by atoms with E-state index in [2.05, 4.69) is 23.2 Å². The first-order valence-corrected chi connectivity index (χ1v) is 7.28. The molecule has 0 fully saturated rings. The number of methoxy groups -OCH3 is 2. The van der Waals surface area contributed by atoms with E-state index in [0.29, 0.717) is 0 Å². The summed E-state index contributed by atoms with van der Waals surface area (Å²) in [5.41, 5.74) is 1.24. The molecule has 5 heteroatoms. The molecule has 0 saturated carbocycles. The van der Waals surface area contributed by atoms with Crippen molar-refractivity contribution in [2.24, 2.45) is 0 Å². The number of ether oxygens (including phenoxy) is 2. The molecule has 1 aromatic rings. The van der Waals surface area contributed by atoms with Gasteiger partial charge >= 0.3 is 0 Å². The third kappa shape index (κ3) is 6.52. The summed E-state index contributed by atoms with van der Waals surface area (Å²) in [5, 5.41) is 3.38. The molecule has 0 bridgehead atoms. The van der Waals surface area contributed by atoms with Crippen molar-refractivity contribution < 1.29 is 13.9 Å². The fourth-order valence-electron chi connectivity index (χ4n) is 1.99. The summed E-state index contributed by atoms with van der Waals surface area (Å²) in [6.07, 6.45) is 2.90. The Morgan fingerprint density at radius 1 is 1.20 bits per heavy atom. The molecule has 0 radical (unpaired) electrons. The van der Waals surface area contributed by atoms with Crippen LogP contribution in [0.25, 0.3) is 0 Å². The van der Waals surface area contributed by atoms with E-state index in [-0.39, 0.29) is 0 Å². The third-order valence-corrected chi connectivity index (χ3v) is 3.17. The lowest BCUT2D eigenvalue weighted by Gasteiger charge is -2.21. The van der Waals surface area contributed by atoms with Gasteiger partial charge in [-0.3, -0.25) is 4.90 Å². The lowest BCUT2D eigenvalue weighted by molar-refractivity contribution is 0.110. The van der Waals surface area contributed by atoms with Crippen molar-refractivity contribution in [1.29, 1.82) is 0 Å². The van der Waals surface area contributed by atoms with E-state index >= 15 is 0 Å². The fourth-order valence-corrected chi connectivity index (χ4v) is 1.99. The summed E-state index contributed by atoms with van der Waals surface area (Å²) in [7, 11) is 3.46. The summed E-state index contributed by atoms with van der Waals surface area (Å²) < 4.78 is 15.9. The first-order valence-electron chi connectivity index (χ1n) is 7.28. The minimum absolute atomic E-state index is 0.727. The van der Waals surface area contributed by atoms with E-state index < -0.39 is 0 Å². The lowest BCUT2D eigenvalue weighted by atomic mass is 10.2. The number of nitrogens with one attached hydrogen (secondary N) is 1. The topological polar surface area (TPSA) is 46.9 Å². The van der Waals surface area contributed by atoms with Gasteiger partial charge in [0.25, 0.3) is 0 Å². The average molecular weight is 284 g/mol. The molecular weight excluding hydrogens is 256 g/mol. The number of hydrogen-bond acceptors (Lipinski definition) is 5. The molecule has 116 valence electrons. The molecule has 0 amide bonds. The third-order valence-electron chi connectivity index (χ3n) is 3.17. The van der Waals surface area contributed by atoms with Gasteiger partial charge in [-0.05, 0) is 19.0 Å². The summed E-state index contributed by atoms with van der Waals surface area (Å²) in [5.74, 6) is 1.03. The van der Waals surface area contributed by atoms with Gasteiger partial charge in [0.2, 0.25) is 0 Å². The van der Waals surface area contributed by atoms with E-state index in [1.54, 1.807) is 20.5 Å². The Balaban J connectivity index is 2.50. The monoisotopic (exact) mass is 284 g/mol. The van der Waals surface area contributed by atoms with E-state index in [4.69, 9.17) is 13.9 Å². The maximum Gasteiger partial charge on any atom is 0.122 e. The summed E-state index contributed by atoms with van der Waals surface area (Å²) >= 11 is 0. The zero-order chi connectivity index (χ0) is 14.6. The number of furan rings is 1. The van der Waals surface area contributed by atoms with Crippen LogP contribution in [0.4, 0.5) is 0 Å². The van der Waals surface area contributed by atoms with Crippen molar-refractivity contribution in [3.8, 4) is 0 Å². The van der Waals surface area contributed by atoms with Crippen LogP contribution >= 0.6 is 0 Å². The van der Waals surface area contributed by atoms with Gasteiger partial charge in [0.15, 0.2) is 0 Å². The molecule has 0 atom stereocenters. The molecule has 0 aliphatic heterocycles. The highest BCUT2D eigenvalue weighted by Crippen LogP contribution is 2.13. The molecule has 1 aromatic heterocycles. The van der Waals surface area contributed by atoms with Gasteiger partial charge in [-0.15, -0.1) is 0 Å². The number of nitrogens with zero attached hydrogens (tertiary/aromatic N) is 1. The van der Waals surface area contributed by atoms with Crippen molar-refractivity contribution in [2.45, 2.75) is 26.4 Å². The Hall–Kier alpha value is -0.880. The minimum atomic E-state index is 0.727. The summed E-state index contributed by atoms with van der Waals surface area (Å²) in [6, 6.07) is 2.05. The standard InChI is InChI=1S/C15H28N2O3/c1-4-6-16-12-15-14(5-9-20-15)13-17(7-10-18-2)8-11-19-3/h5,9,16H,4,6-8,10-13H2,1-3H3. The van der Waals surface area contributed by atoms with E-state index in [0.717, 1.165) is 58.1 Å². The van der Waals surface area contributed by atoms with Gasteiger partial charge in [0, 0.05) is 39.4 Å². The van der Waals surface area contributed by atoms with Gasteiger partial charge in [-0.2, -0.15) is 0 Å². The Kier molecular flexibility index (Phi) is 9.32. The molecule has 0 saturated heterocycles. The molecule has 0 spiro atoms. The molecule has 0 aliphatic carbocycles. The second-order valence-electron chi connectivity index (χ2n) is 4.81. The predicted molar refractivity (Wildman–Crippen MR) is 79.7 cm³/mol. The highest BCUT2D eigenvalue weighted by atomic mass is 16.5. The first kappa shape index (κ1) is 17.2. The predicted octanol–water partition coefficient (Wildman–Crippen LogP) is 1.87. The number of rotatable bonds is 12. The molecule has 5 nitrogen and oxygen atoms in total. The van der Waals surface area contributed by atoms with Gasteiger partial charge in [0.1, 0.15) is 5.76 Å². The van der Waals surface area contributed by atoms with Crippen molar-refractivity contribution in [3.63, 3.8) is 0 Å². The fraction of sp³-hybridized carbons (Fsp3) is 0.733. The second-order valence-corrected chi connectivity index (χ2v) is 4.81. The second kappa shape index (κ2) is 10.9. The molecule has 1 rings (SSSR count). The van der Waals surface area contributed by atoms with E-state index in [9.17, 15) is 0 Å². The minimum Gasteiger partial charge on any atom is -0.468 e. The van der Waals surface area contributed by atoms with Crippen LogP contribution in [0.1, 0.15) is 24.7 Å². The maximum absolute atomic E-state index is 5.57. The molecule has 1 N–H and O–H groups in total. The largest absolute Gasteiger partial charge is 0.468 e. The molecular formula is C15H28N2O3.